The molecule has 6 aromatic rings. The Morgan fingerprint density at radius 3 is 1.33 bits per heavy atom. The zero-order valence-corrected chi connectivity index (χ0v) is 23.9. The number of pyridine rings is 2. The number of aromatic nitrogens is 4. The number of ether oxygens (including phenoxy) is 2. The van der Waals surface area contributed by atoms with E-state index in [0.717, 1.165) is 0 Å². The molecule has 0 atom stereocenters. The summed E-state index contributed by atoms with van der Waals surface area (Å²) in [7, 11) is -7.45. The fraction of sp³-hybridized carbons (Fsp3) is 0.133. The standard InChI is InChI=1S/C30H26N4O6S2/c35-41(36,23-9-3-1-4-10-23)33-19-17-25-27(33)13-15-29(31-25)39-21-7-8-22-40-30-16-14-28-26(32-30)18-20-34(28)42(37,38)24-11-5-2-6-12-24/h1-6,9-20H,7-8,21-22H2. The molecular weight excluding hydrogens is 576 g/mol. The van der Waals surface area contributed by atoms with E-state index in [9.17, 15) is 16.8 Å². The first-order valence-electron chi connectivity index (χ1n) is 13.2. The molecule has 0 amide bonds. The van der Waals surface area contributed by atoms with Crippen molar-refractivity contribution in [2.75, 3.05) is 13.2 Å². The highest BCUT2D eigenvalue weighted by molar-refractivity contribution is 7.90. The topological polar surface area (TPSA) is 122 Å². The summed E-state index contributed by atoms with van der Waals surface area (Å²) in [4.78, 5) is 9.29. The number of unbranched alkanes of at least 4 members (excludes halogenated alkanes) is 1. The first kappa shape index (κ1) is 27.5. The van der Waals surface area contributed by atoms with Crippen molar-refractivity contribution >= 4 is 42.1 Å². The van der Waals surface area contributed by atoms with Crippen LogP contribution >= 0.6 is 0 Å². The summed E-state index contributed by atoms with van der Waals surface area (Å²) in [6.45, 7) is 0.801. The van der Waals surface area contributed by atoms with Crippen molar-refractivity contribution in [1.82, 2.24) is 17.9 Å². The van der Waals surface area contributed by atoms with Gasteiger partial charge in [-0.05, 0) is 61.4 Å². The van der Waals surface area contributed by atoms with Gasteiger partial charge in [0.2, 0.25) is 11.8 Å². The van der Waals surface area contributed by atoms with Gasteiger partial charge in [0.05, 0.1) is 45.1 Å². The first-order valence-corrected chi connectivity index (χ1v) is 16.1. The highest BCUT2D eigenvalue weighted by atomic mass is 32.2. The van der Waals surface area contributed by atoms with Gasteiger partial charge in [0.1, 0.15) is 0 Å². The van der Waals surface area contributed by atoms with E-state index < -0.39 is 20.0 Å². The van der Waals surface area contributed by atoms with Crippen molar-refractivity contribution in [3.63, 3.8) is 0 Å². The predicted molar refractivity (Wildman–Crippen MR) is 158 cm³/mol. The SMILES string of the molecule is O=S(=O)(c1ccccc1)n1ccc2nc(OCCCCOc3ccc4c(ccn4S(=O)(=O)c4ccccc4)n3)ccc21. The Balaban J connectivity index is 1.02. The number of rotatable bonds is 11. The molecule has 214 valence electrons. The van der Waals surface area contributed by atoms with Crippen LogP contribution in [0.15, 0.2) is 119 Å². The monoisotopic (exact) mass is 602 g/mol. The zero-order chi connectivity index (χ0) is 29.2. The van der Waals surface area contributed by atoms with Crippen molar-refractivity contribution in [2.45, 2.75) is 22.6 Å². The number of hydrogen-bond donors (Lipinski definition) is 0. The number of hydrogen-bond acceptors (Lipinski definition) is 8. The number of fused-ring (bicyclic) bond motifs is 2. The molecule has 12 heteroatoms. The summed E-state index contributed by atoms with van der Waals surface area (Å²) in [5.74, 6) is 0.806. The lowest BCUT2D eigenvalue weighted by Crippen LogP contribution is -2.11. The van der Waals surface area contributed by atoms with Crippen LogP contribution in [-0.2, 0) is 20.0 Å². The Hall–Kier alpha value is -4.68. The van der Waals surface area contributed by atoms with Gasteiger partial charge in [-0.1, -0.05) is 36.4 Å². The largest absolute Gasteiger partial charge is 0.478 e. The lowest BCUT2D eigenvalue weighted by Gasteiger charge is -2.09. The molecule has 6 rings (SSSR count). The molecule has 0 spiro atoms. The van der Waals surface area contributed by atoms with Crippen LogP contribution < -0.4 is 9.47 Å². The summed E-state index contributed by atoms with van der Waals surface area (Å²) in [6, 6.07) is 26.4. The average Bonchev–Trinajstić information content (AvgIpc) is 3.64. The van der Waals surface area contributed by atoms with Crippen molar-refractivity contribution in [1.29, 1.82) is 0 Å². The molecule has 4 aromatic heterocycles. The highest BCUT2D eigenvalue weighted by Gasteiger charge is 2.20. The van der Waals surface area contributed by atoms with E-state index in [1.54, 1.807) is 97.1 Å². The maximum atomic E-state index is 13.0. The van der Waals surface area contributed by atoms with Crippen LogP contribution in [0.2, 0.25) is 0 Å². The Morgan fingerprint density at radius 1 is 0.524 bits per heavy atom. The van der Waals surface area contributed by atoms with Gasteiger partial charge < -0.3 is 9.47 Å². The third-order valence-electron chi connectivity index (χ3n) is 6.60. The third-order valence-corrected chi connectivity index (χ3v) is 10.0. The second-order valence-electron chi connectivity index (χ2n) is 9.37. The van der Waals surface area contributed by atoms with Crippen LogP contribution in [0.5, 0.6) is 11.8 Å². The van der Waals surface area contributed by atoms with E-state index in [1.165, 1.54) is 20.3 Å². The molecule has 4 heterocycles. The van der Waals surface area contributed by atoms with Gasteiger partial charge in [-0.15, -0.1) is 0 Å². The van der Waals surface area contributed by atoms with Crippen molar-refractivity contribution in [3.8, 4) is 11.8 Å². The van der Waals surface area contributed by atoms with E-state index in [0.29, 0.717) is 59.9 Å². The van der Waals surface area contributed by atoms with E-state index in [4.69, 9.17) is 9.47 Å². The number of benzene rings is 2. The van der Waals surface area contributed by atoms with Gasteiger partial charge in [0, 0.05) is 24.5 Å². The summed E-state index contributed by atoms with van der Waals surface area (Å²) in [5.41, 5.74) is 1.97. The molecule has 42 heavy (non-hydrogen) atoms. The maximum Gasteiger partial charge on any atom is 0.268 e. The molecule has 10 nitrogen and oxygen atoms in total. The molecule has 0 fully saturated rings. The van der Waals surface area contributed by atoms with Crippen LogP contribution in [0.3, 0.4) is 0 Å². The fourth-order valence-corrected chi connectivity index (χ4v) is 7.23. The third kappa shape index (κ3) is 5.33. The molecule has 0 saturated heterocycles. The minimum absolute atomic E-state index is 0.203. The second-order valence-corrected chi connectivity index (χ2v) is 13.0. The van der Waals surface area contributed by atoms with Gasteiger partial charge in [0.15, 0.2) is 0 Å². The Labute approximate surface area is 242 Å². The average molecular weight is 603 g/mol. The first-order chi connectivity index (χ1) is 20.3. The van der Waals surface area contributed by atoms with Crippen LogP contribution in [0, 0.1) is 0 Å². The van der Waals surface area contributed by atoms with Gasteiger partial charge in [-0.3, -0.25) is 0 Å². The van der Waals surface area contributed by atoms with Crippen molar-refractivity contribution < 1.29 is 26.3 Å². The molecule has 0 N–H and O–H groups in total. The lowest BCUT2D eigenvalue weighted by molar-refractivity contribution is 0.257. The Kier molecular flexibility index (Phi) is 7.40. The summed E-state index contributed by atoms with van der Waals surface area (Å²) in [6.07, 6.45) is 4.36. The van der Waals surface area contributed by atoms with Crippen LogP contribution in [-0.4, -0.2) is 48.0 Å². The molecule has 2 aromatic carbocycles. The smallest absolute Gasteiger partial charge is 0.268 e. The van der Waals surface area contributed by atoms with E-state index in [1.807, 2.05) is 0 Å². The summed E-state index contributed by atoms with van der Waals surface area (Å²) < 4.78 is 65.9. The fourth-order valence-electron chi connectivity index (χ4n) is 4.50. The molecule has 0 saturated carbocycles. The van der Waals surface area contributed by atoms with E-state index in [-0.39, 0.29) is 9.79 Å². The Bertz CT molecular complexity index is 1920. The highest BCUT2D eigenvalue weighted by Crippen LogP contribution is 2.25. The minimum atomic E-state index is -3.73. The molecule has 0 unspecified atom stereocenters. The molecule has 0 aliphatic rings. The molecule has 0 aliphatic heterocycles. The number of nitrogens with zero attached hydrogens (tertiary/aromatic N) is 4. The van der Waals surface area contributed by atoms with Gasteiger partial charge in [0.25, 0.3) is 20.0 Å². The normalized spacial score (nSPS) is 12.1. The zero-order valence-electron chi connectivity index (χ0n) is 22.3. The quantitative estimate of drug-likeness (QED) is 0.188. The van der Waals surface area contributed by atoms with E-state index >= 15 is 0 Å². The molecule has 0 radical (unpaired) electrons. The van der Waals surface area contributed by atoms with E-state index in [2.05, 4.69) is 9.97 Å². The predicted octanol–water partition coefficient (Wildman–Crippen LogP) is 5.10. The Morgan fingerprint density at radius 2 is 0.929 bits per heavy atom. The lowest BCUT2D eigenvalue weighted by atomic mass is 10.3. The summed E-state index contributed by atoms with van der Waals surface area (Å²) >= 11 is 0. The van der Waals surface area contributed by atoms with Crippen LogP contribution in [0.25, 0.3) is 22.1 Å². The minimum Gasteiger partial charge on any atom is -0.478 e. The molecule has 0 bridgehead atoms. The van der Waals surface area contributed by atoms with Crippen LogP contribution in [0.1, 0.15) is 12.8 Å². The molecule has 0 aliphatic carbocycles. The summed E-state index contributed by atoms with van der Waals surface area (Å²) in [5, 5.41) is 0. The van der Waals surface area contributed by atoms with Crippen molar-refractivity contribution in [3.05, 3.63) is 109 Å². The maximum absolute atomic E-state index is 13.0. The van der Waals surface area contributed by atoms with Gasteiger partial charge in [-0.2, -0.15) is 0 Å². The molecular formula is C30H26N4O6S2. The van der Waals surface area contributed by atoms with Gasteiger partial charge in [-0.25, -0.2) is 34.7 Å². The van der Waals surface area contributed by atoms with Crippen molar-refractivity contribution in [2.24, 2.45) is 0 Å². The second kappa shape index (κ2) is 11.3. The van der Waals surface area contributed by atoms with Crippen LogP contribution in [0.4, 0.5) is 0 Å². The van der Waals surface area contributed by atoms with Gasteiger partial charge >= 0.3 is 0 Å².